The first kappa shape index (κ1) is 13.2. The normalized spacial score (nSPS) is 12.5. The van der Waals surface area contributed by atoms with E-state index in [1.54, 1.807) is 48.8 Å². The molecule has 0 aliphatic heterocycles. The molecule has 0 spiro atoms. The van der Waals surface area contributed by atoms with Crippen LogP contribution in [0.1, 0.15) is 31.8 Å². The van der Waals surface area contributed by atoms with E-state index in [-0.39, 0.29) is 11.6 Å². The lowest BCUT2D eigenvalue weighted by atomic mass is 9.83. The van der Waals surface area contributed by atoms with Crippen LogP contribution in [-0.2, 0) is 0 Å². The molecule has 104 valence electrons. The molecule has 1 aliphatic rings. The van der Waals surface area contributed by atoms with Crippen LogP contribution >= 0.6 is 0 Å². The summed E-state index contributed by atoms with van der Waals surface area (Å²) in [6.07, 6.45) is 1.74. The van der Waals surface area contributed by atoms with Crippen LogP contribution in [0.4, 0.5) is 5.69 Å². The molecule has 4 heteroatoms. The van der Waals surface area contributed by atoms with E-state index < -0.39 is 0 Å². The van der Waals surface area contributed by atoms with Gasteiger partial charge in [-0.05, 0) is 12.1 Å². The standard InChI is InChI=1S/C17H14N2O2/c1-19(2)10-18-14-9-5-8-13-15(14)17(21)12-7-4-3-6-11(12)16(13)20/h3-10H,1-2H3/p+1. The number of nitrogens with one attached hydrogen (secondary N) is 1. The molecule has 1 aliphatic carbocycles. The molecule has 0 heterocycles. The Morgan fingerprint density at radius 1 is 0.857 bits per heavy atom. The molecule has 0 radical (unpaired) electrons. The molecule has 0 unspecified atom stereocenters. The van der Waals surface area contributed by atoms with Crippen molar-refractivity contribution in [2.75, 3.05) is 19.4 Å². The minimum Gasteiger partial charge on any atom is -0.289 e. The van der Waals surface area contributed by atoms with Gasteiger partial charge in [-0.25, -0.2) is 5.32 Å². The maximum atomic E-state index is 12.7. The van der Waals surface area contributed by atoms with Crippen LogP contribution in [0.25, 0.3) is 0 Å². The van der Waals surface area contributed by atoms with E-state index in [1.165, 1.54) is 0 Å². The number of carbonyl (C=O) groups is 2. The van der Waals surface area contributed by atoms with Crippen molar-refractivity contribution in [3.8, 4) is 0 Å². The predicted octanol–water partition coefficient (Wildman–Crippen LogP) is 2.17. The van der Waals surface area contributed by atoms with E-state index in [2.05, 4.69) is 5.32 Å². The second kappa shape index (κ2) is 4.98. The van der Waals surface area contributed by atoms with Crippen molar-refractivity contribution in [2.45, 2.75) is 0 Å². The SMILES string of the molecule is C[N+](C)=CNc1cccc2c1C(=O)c1ccccc1C2=O. The zero-order valence-corrected chi connectivity index (χ0v) is 11.9. The van der Waals surface area contributed by atoms with Gasteiger partial charge < -0.3 is 0 Å². The molecule has 0 saturated heterocycles. The lowest BCUT2D eigenvalue weighted by molar-refractivity contribution is -0.459. The van der Waals surface area contributed by atoms with Crippen molar-refractivity contribution < 1.29 is 14.2 Å². The Morgan fingerprint density at radius 3 is 2.14 bits per heavy atom. The average molecular weight is 279 g/mol. The summed E-state index contributed by atoms with van der Waals surface area (Å²) < 4.78 is 1.84. The molecule has 3 rings (SSSR count). The Bertz CT molecular complexity index is 787. The first-order chi connectivity index (χ1) is 10.1. The van der Waals surface area contributed by atoms with Gasteiger partial charge in [-0.3, -0.25) is 14.2 Å². The monoisotopic (exact) mass is 279 g/mol. The lowest BCUT2D eigenvalue weighted by Gasteiger charge is -2.18. The van der Waals surface area contributed by atoms with E-state index in [1.807, 2.05) is 18.7 Å². The van der Waals surface area contributed by atoms with E-state index in [0.717, 1.165) is 0 Å². The number of hydrogen-bond acceptors (Lipinski definition) is 2. The van der Waals surface area contributed by atoms with Crippen LogP contribution in [0, 0.1) is 0 Å². The number of hydrogen-bond donors (Lipinski definition) is 1. The second-order valence-corrected chi connectivity index (χ2v) is 5.17. The Balaban J connectivity index is 2.19. The number of ketones is 2. The third kappa shape index (κ3) is 2.14. The molecule has 21 heavy (non-hydrogen) atoms. The number of fused-ring (bicyclic) bond motifs is 2. The molecule has 0 atom stereocenters. The van der Waals surface area contributed by atoms with Gasteiger partial charge in [-0.15, -0.1) is 0 Å². The number of nitrogens with zero attached hydrogens (tertiary/aromatic N) is 1. The van der Waals surface area contributed by atoms with Gasteiger partial charge in [0.2, 0.25) is 6.34 Å². The van der Waals surface area contributed by atoms with E-state index in [4.69, 9.17) is 0 Å². The highest BCUT2D eigenvalue weighted by molar-refractivity contribution is 6.30. The quantitative estimate of drug-likeness (QED) is 0.444. The average Bonchev–Trinajstić information content (AvgIpc) is 2.50. The molecule has 2 aromatic carbocycles. The van der Waals surface area contributed by atoms with E-state index in [0.29, 0.717) is 27.9 Å². The first-order valence-electron chi connectivity index (χ1n) is 6.67. The Hall–Kier alpha value is -2.75. The van der Waals surface area contributed by atoms with Crippen LogP contribution in [0.5, 0.6) is 0 Å². The number of rotatable bonds is 2. The van der Waals surface area contributed by atoms with Crippen LogP contribution < -0.4 is 5.32 Å². The van der Waals surface area contributed by atoms with Gasteiger partial charge in [0.1, 0.15) is 5.69 Å². The van der Waals surface area contributed by atoms with E-state index >= 15 is 0 Å². The van der Waals surface area contributed by atoms with Crippen molar-refractivity contribution in [1.82, 2.24) is 0 Å². The Labute approximate surface area is 122 Å². The van der Waals surface area contributed by atoms with Gasteiger partial charge in [0.25, 0.3) is 0 Å². The molecule has 4 nitrogen and oxygen atoms in total. The molecule has 0 saturated carbocycles. The second-order valence-electron chi connectivity index (χ2n) is 5.17. The zero-order chi connectivity index (χ0) is 15.0. The summed E-state index contributed by atoms with van der Waals surface area (Å²) >= 11 is 0. The summed E-state index contributed by atoms with van der Waals surface area (Å²) in [5.74, 6) is -0.218. The number of carbonyl (C=O) groups excluding carboxylic acids is 2. The highest BCUT2D eigenvalue weighted by Gasteiger charge is 2.32. The topological polar surface area (TPSA) is 49.2 Å². The summed E-state index contributed by atoms with van der Waals surface area (Å²) in [5, 5.41) is 3.08. The van der Waals surface area contributed by atoms with Gasteiger partial charge >= 0.3 is 0 Å². The maximum Gasteiger partial charge on any atom is 0.236 e. The molecule has 0 bridgehead atoms. The smallest absolute Gasteiger partial charge is 0.236 e. The zero-order valence-electron chi connectivity index (χ0n) is 11.9. The Kier molecular flexibility index (Phi) is 3.14. The van der Waals surface area contributed by atoms with Gasteiger partial charge in [0, 0.05) is 16.7 Å². The first-order valence-corrected chi connectivity index (χ1v) is 6.67. The van der Waals surface area contributed by atoms with Crippen LogP contribution in [0.3, 0.4) is 0 Å². The summed E-state index contributed by atoms with van der Waals surface area (Å²) in [5.41, 5.74) is 2.49. The number of benzene rings is 2. The molecule has 0 amide bonds. The third-order valence-corrected chi connectivity index (χ3v) is 3.43. The number of anilines is 1. The summed E-state index contributed by atoms with van der Waals surface area (Å²) in [6.45, 7) is 0. The van der Waals surface area contributed by atoms with Crippen LogP contribution in [0.2, 0.25) is 0 Å². The van der Waals surface area contributed by atoms with Crippen molar-refractivity contribution in [3.63, 3.8) is 0 Å². The molecule has 1 N–H and O–H groups in total. The largest absolute Gasteiger partial charge is 0.289 e. The Morgan fingerprint density at radius 2 is 1.48 bits per heavy atom. The fourth-order valence-electron chi connectivity index (χ4n) is 2.46. The minimum absolute atomic E-state index is 0.103. The molecule has 0 fully saturated rings. The molecule has 0 aromatic heterocycles. The fraction of sp³-hybridized carbons (Fsp3) is 0.118. The van der Waals surface area contributed by atoms with Crippen LogP contribution in [0.15, 0.2) is 42.5 Å². The van der Waals surface area contributed by atoms with Crippen LogP contribution in [-0.4, -0.2) is 36.6 Å². The highest BCUT2D eigenvalue weighted by Crippen LogP contribution is 2.31. The van der Waals surface area contributed by atoms with E-state index in [9.17, 15) is 9.59 Å². The van der Waals surface area contributed by atoms with Gasteiger partial charge in [0.05, 0.1) is 19.7 Å². The fourth-order valence-corrected chi connectivity index (χ4v) is 2.46. The third-order valence-electron chi connectivity index (χ3n) is 3.43. The van der Waals surface area contributed by atoms with Crippen molar-refractivity contribution in [3.05, 3.63) is 64.7 Å². The maximum absolute atomic E-state index is 12.7. The van der Waals surface area contributed by atoms with Gasteiger partial charge in [-0.2, -0.15) is 0 Å². The summed E-state index contributed by atoms with van der Waals surface area (Å²) in [7, 11) is 3.76. The van der Waals surface area contributed by atoms with Crippen molar-refractivity contribution >= 4 is 23.6 Å². The van der Waals surface area contributed by atoms with Crippen molar-refractivity contribution in [2.24, 2.45) is 0 Å². The minimum atomic E-state index is -0.115. The summed E-state index contributed by atoms with van der Waals surface area (Å²) in [6, 6.07) is 12.2. The summed E-state index contributed by atoms with van der Waals surface area (Å²) in [4.78, 5) is 25.2. The van der Waals surface area contributed by atoms with Gasteiger partial charge in [0.15, 0.2) is 11.6 Å². The lowest BCUT2D eigenvalue weighted by Crippen LogP contribution is -2.22. The van der Waals surface area contributed by atoms with Gasteiger partial charge in [-0.1, -0.05) is 30.3 Å². The molecular formula is C17H15N2O2+. The predicted molar refractivity (Wildman–Crippen MR) is 81.5 cm³/mol. The molecule has 2 aromatic rings. The van der Waals surface area contributed by atoms with Crippen molar-refractivity contribution in [1.29, 1.82) is 0 Å². The molecular weight excluding hydrogens is 264 g/mol. The highest BCUT2D eigenvalue weighted by atomic mass is 16.1.